The molecular formula is C18H15ClFN3. The molecule has 3 aromatic rings. The monoisotopic (exact) mass is 327 g/mol. The van der Waals surface area contributed by atoms with Crippen molar-refractivity contribution in [2.45, 2.75) is 13.8 Å². The quantitative estimate of drug-likeness (QED) is 0.664. The zero-order chi connectivity index (χ0) is 16.4. The third-order valence-corrected chi connectivity index (χ3v) is 3.64. The van der Waals surface area contributed by atoms with Crippen molar-refractivity contribution in [3.8, 4) is 11.4 Å². The van der Waals surface area contributed by atoms with Gasteiger partial charge < -0.3 is 5.32 Å². The fourth-order valence-corrected chi connectivity index (χ4v) is 2.48. The molecule has 3 rings (SSSR count). The number of nitrogens with one attached hydrogen (secondary N) is 1. The van der Waals surface area contributed by atoms with E-state index in [0.29, 0.717) is 22.4 Å². The topological polar surface area (TPSA) is 37.8 Å². The van der Waals surface area contributed by atoms with E-state index in [-0.39, 0.29) is 5.82 Å². The van der Waals surface area contributed by atoms with Gasteiger partial charge in [0, 0.05) is 17.3 Å². The Morgan fingerprint density at radius 3 is 2.39 bits per heavy atom. The van der Waals surface area contributed by atoms with Crippen molar-refractivity contribution >= 4 is 23.1 Å². The third-order valence-electron chi connectivity index (χ3n) is 3.44. The van der Waals surface area contributed by atoms with Gasteiger partial charge >= 0.3 is 0 Å². The lowest BCUT2D eigenvalue weighted by molar-refractivity contribution is 0.628. The molecule has 0 spiro atoms. The van der Waals surface area contributed by atoms with Crippen LogP contribution in [0.3, 0.4) is 0 Å². The fraction of sp³-hybridized carbons (Fsp3) is 0.111. The van der Waals surface area contributed by atoms with Crippen molar-refractivity contribution in [3.05, 3.63) is 70.6 Å². The van der Waals surface area contributed by atoms with Gasteiger partial charge in [-0.15, -0.1) is 0 Å². The van der Waals surface area contributed by atoms with Crippen molar-refractivity contribution in [1.29, 1.82) is 0 Å². The number of halogens is 2. The molecule has 0 aliphatic rings. The summed E-state index contributed by atoms with van der Waals surface area (Å²) in [5.41, 5.74) is 3.97. The summed E-state index contributed by atoms with van der Waals surface area (Å²) in [6.45, 7) is 4.07. The normalized spacial score (nSPS) is 10.6. The van der Waals surface area contributed by atoms with E-state index in [9.17, 15) is 4.39 Å². The summed E-state index contributed by atoms with van der Waals surface area (Å²) in [6, 6.07) is 13.8. The Bertz CT molecular complexity index is 847. The van der Waals surface area contributed by atoms with Crippen LogP contribution in [0.5, 0.6) is 0 Å². The van der Waals surface area contributed by atoms with Crippen LogP contribution >= 0.6 is 11.6 Å². The predicted molar refractivity (Wildman–Crippen MR) is 91.6 cm³/mol. The van der Waals surface area contributed by atoms with E-state index in [2.05, 4.69) is 21.4 Å². The Balaban J connectivity index is 1.95. The second-order valence-corrected chi connectivity index (χ2v) is 5.74. The molecule has 0 radical (unpaired) electrons. The molecule has 0 bridgehead atoms. The number of aromatic nitrogens is 2. The Kier molecular flexibility index (Phi) is 4.26. The van der Waals surface area contributed by atoms with E-state index in [4.69, 9.17) is 11.6 Å². The fourth-order valence-electron chi connectivity index (χ4n) is 2.30. The second-order valence-electron chi connectivity index (χ2n) is 5.35. The van der Waals surface area contributed by atoms with Crippen molar-refractivity contribution in [1.82, 2.24) is 9.97 Å². The molecule has 5 heteroatoms. The summed E-state index contributed by atoms with van der Waals surface area (Å²) < 4.78 is 13.0. The first-order valence-corrected chi connectivity index (χ1v) is 7.54. The molecule has 23 heavy (non-hydrogen) atoms. The minimum atomic E-state index is -0.301. The lowest BCUT2D eigenvalue weighted by Gasteiger charge is -2.11. The van der Waals surface area contributed by atoms with Crippen LogP contribution in [0.2, 0.25) is 5.15 Å². The highest BCUT2D eigenvalue weighted by Crippen LogP contribution is 2.25. The van der Waals surface area contributed by atoms with Gasteiger partial charge in [0.25, 0.3) is 0 Å². The van der Waals surface area contributed by atoms with Gasteiger partial charge in [0.2, 0.25) is 0 Å². The van der Waals surface area contributed by atoms with Crippen LogP contribution in [-0.4, -0.2) is 9.97 Å². The minimum absolute atomic E-state index is 0.301. The van der Waals surface area contributed by atoms with Gasteiger partial charge in [-0.2, -0.15) is 0 Å². The average Bonchev–Trinajstić information content (AvgIpc) is 2.50. The van der Waals surface area contributed by atoms with Gasteiger partial charge in [-0.05, 0) is 49.7 Å². The summed E-state index contributed by atoms with van der Waals surface area (Å²) in [7, 11) is 0. The van der Waals surface area contributed by atoms with Crippen LogP contribution in [0.25, 0.3) is 11.4 Å². The Hall–Kier alpha value is -2.46. The largest absolute Gasteiger partial charge is 0.340 e. The zero-order valence-electron chi connectivity index (χ0n) is 12.8. The summed E-state index contributed by atoms with van der Waals surface area (Å²) in [5.74, 6) is 0.741. The smallest absolute Gasteiger partial charge is 0.163 e. The number of anilines is 2. The van der Waals surface area contributed by atoms with Crippen LogP contribution in [0, 0.1) is 19.7 Å². The molecule has 0 fully saturated rings. The van der Waals surface area contributed by atoms with Crippen molar-refractivity contribution < 1.29 is 4.39 Å². The van der Waals surface area contributed by atoms with Crippen molar-refractivity contribution in [2.24, 2.45) is 0 Å². The average molecular weight is 328 g/mol. The molecule has 0 unspecified atom stereocenters. The predicted octanol–water partition coefficient (Wildman–Crippen LogP) is 5.30. The van der Waals surface area contributed by atoms with E-state index in [0.717, 1.165) is 11.3 Å². The van der Waals surface area contributed by atoms with Crippen molar-refractivity contribution in [2.75, 3.05) is 5.32 Å². The molecular weight excluding hydrogens is 313 g/mol. The summed E-state index contributed by atoms with van der Waals surface area (Å²) in [5, 5.41) is 3.58. The Morgan fingerprint density at radius 2 is 1.70 bits per heavy atom. The molecule has 1 aromatic heterocycles. The molecule has 2 aromatic carbocycles. The first-order chi connectivity index (χ1) is 11.0. The standard InChI is InChI=1S/C18H15ClFN3/c1-11-3-8-15(12(2)9-11)21-17-10-16(19)22-18(23-17)13-4-6-14(20)7-5-13/h3-10H,1-2H3,(H,21,22,23). The SMILES string of the molecule is Cc1ccc(Nc2cc(Cl)nc(-c3ccc(F)cc3)n2)c(C)c1. The van der Waals surface area contributed by atoms with Crippen LogP contribution in [0.15, 0.2) is 48.5 Å². The number of benzene rings is 2. The maximum atomic E-state index is 13.0. The number of aryl methyl sites for hydroxylation is 2. The minimum Gasteiger partial charge on any atom is -0.340 e. The number of rotatable bonds is 3. The van der Waals surface area contributed by atoms with Crippen molar-refractivity contribution in [3.63, 3.8) is 0 Å². The lowest BCUT2D eigenvalue weighted by Crippen LogP contribution is -1.99. The van der Waals surface area contributed by atoms with Gasteiger partial charge in [-0.3, -0.25) is 0 Å². The first kappa shape index (κ1) is 15.4. The number of hydrogen-bond donors (Lipinski definition) is 1. The van der Waals surface area contributed by atoms with Crippen LogP contribution < -0.4 is 5.32 Å². The zero-order valence-corrected chi connectivity index (χ0v) is 13.5. The Labute approximate surface area is 139 Å². The van der Waals surface area contributed by atoms with E-state index in [1.807, 2.05) is 26.0 Å². The Morgan fingerprint density at radius 1 is 0.957 bits per heavy atom. The summed E-state index contributed by atoms with van der Waals surface area (Å²) in [6.07, 6.45) is 0. The molecule has 116 valence electrons. The van der Waals surface area contributed by atoms with Crippen LogP contribution in [0.1, 0.15) is 11.1 Å². The number of hydrogen-bond acceptors (Lipinski definition) is 3. The third kappa shape index (κ3) is 3.66. The summed E-state index contributed by atoms with van der Waals surface area (Å²) >= 11 is 6.10. The molecule has 1 heterocycles. The molecule has 0 aliphatic carbocycles. The summed E-state index contributed by atoms with van der Waals surface area (Å²) in [4.78, 5) is 8.67. The molecule has 0 amide bonds. The van der Waals surface area contributed by atoms with E-state index in [1.54, 1.807) is 18.2 Å². The van der Waals surface area contributed by atoms with E-state index >= 15 is 0 Å². The number of nitrogens with zero attached hydrogens (tertiary/aromatic N) is 2. The maximum Gasteiger partial charge on any atom is 0.163 e. The molecule has 0 atom stereocenters. The van der Waals surface area contributed by atoms with Gasteiger partial charge in [-0.1, -0.05) is 29.3 Å². The highest BCUT2D eigenvalue weighted by molar-refractivity contribution is 6.29. The van der Waals surface area contributed by atoms with E-state index in [1.165, 1.54) is 17.7 Å². The highest BCUT2D eigenvalue weighted by atomic mass is 35.5. The van der Waals surface area contributed by atoms with Crippen LogP contribution in [-0.2, 0) is 0 Å². The van der Waals surface area contributed by atoms with Gasteiger partial charge in [0.15, 0.2) is 5.82 Å². The molecule has 0 aliphatic heterocycles. The molecule has 3 nitrogen and oxygen atoms in total. The first-order valence-electron chi connectivity index (χ1n) is 7.16. The van der Waals surface area contributed by atoms with Crippen LogP contribution in [0.4, 0.5) is 15.9 Å². The van der Waals surface area contributed by atoms with Gasteiger partial charge in [0.1, 0.15) is 16.8 Å². The van der Waals surface area contributed by atoms with Gasteiger partial charge in [-0.25, -0.2) is 14.4 Å². The molecule has 0 saturated heterocycles. The second kappa shape index (κ2) is 6.34. The molecule has 0 saturated carbocycles. The highest BCUT2D eigenvalue weighted by Gasteiger charge is 2.08. The van der Waals surface area contributed by atoms with Gasteiger partial charge in [0.05, 0.1) is 0 Å². The maximum absolute atomic E-state index is 13.0. The lowest BCUT2D eigenvalue weighted by atomic mass is 10.1. The molecule has 1 N–H and O–H groups in total. The van der Waals surface area contributed by atoms with E-state index < -0.39 is 0 Å².